The average molecular weight is 293 g/mol. The lowest BCUT2D eigenvalue weighted by atomic mass is 9.96. The summed E-state index contributed by atoms with van der Waals surface area (Å²) in [5.74, 6) is 0.798. The van der Waals surface area contributed by atoms with Crippen molar-refractivity contribution in [2.75, 3.05) is 19.6 Å². The normalized spacial score (nSPS) is 18.0. The number of nitrogens with zero attached hydrogens (tertiary/aromatic N) is 2. The standard InChI is InChI=1S/C18H35N3/c1-5-12-20-18(4,15-19)11-6-7-13-21(17-8-9-17)14-10-16(2)3/h16-17,20H,5-14H2,1-4H3. The van der Waals surface area contributed by atoms with E-state index in [4.69, 9.17) is 0 Å². The van der Waals surface area contributed by atoms with Crippen molar-refractivity contribution < 1.29 is 0 Å². The fraction of sp³-hybridized carbons (Fsp3) is 0.944. The first kappa shape index (κ1) is 18.5. The lowest BCUT2D eigenvalue weighted by Gasteiger charge is -2.25. The van der Waals surface area contributed by atoms with Gasteiger partial charge in [0, 0.05) is 6.04 Å². The van der Waals surface area contributed by atoms with Gasteiger partial charge < -0.3 is 4.90 Å². The summed E-state index contributed by atoms with van der Waals surface area (Å²) in [6.07, 6.45) is 8.52. The molecule has 1 unspecified atom stereocenters. The van der Waals surface area contributed by atoms with Crippen LogP contribution in [0.1, 0.15) is 72.6 Å². The van der Waals surface area contributed by atoms with Crippen LogP contribution in [0.3, 0.4) is 0 Å². The molecule has 0 aliphatic heterocycles. The minimum absolute atomic E-state index is 0.335. The van der Waals surface area contributed by atoms with Gasteiger partial charge in [-0.05, 0) is 77.4 Å². The maximum Gasteiger partial charge on any atom is 0.103 e. The second kappa shape index (κ2) is 9.43. The van der Waals surface area contributed by atoms with E-state index in [1.807, 2.05) is 6.92 Å². The van der Waals surface area contributed by atoms with Crippen molar-refractivity contribution in [3.05, 3.63) is 0 Å². The highest BCUT2D eigenvalue weighted by Gasteiger charge is 2.28. The highest BCUT2D eigenvalue weighted by atomic mass is 15.2. The Bertz CT molecular complexity index is 317. The van der Waals surface area contributed by atoms with Crippen molar-refractivity contribution in [2.45, 2.75) is 84.2 Å². The molecule has 21 heavy (non-hydrogen) atoms. The van der Waals surface area contributed by atoms with E-state index in [1.165, 1.54) is 38.8 Å². The first-order valence-electron chi connectivity index (χ1n) is 8.91. The molecule has 0 aromatic rings. The second-order valence-corrected chi connectivity index (χ2v) is 7.28. The molecule has 0 saturated heterocycles. The van der Waals surface area contributed by atoms with Crippen LogP contribution in [0.15, 0.2) is 0 Å². The van der Waals surface area contributed by atoms with Crippen molar-refractivity contribution >= 4 is 0 Å². The summed E-state index contributed by atoms with van der Waals surface area (Å²) in [4.78, 5) is 2.68. The smallest absolute Gasteiger partial charge is 0.103 e. The zero-order valence-corrected chi connectivity index (χ0v) is 14.6. The van der Waals surface area contributed by atoms with Gasteiger partial charge in [0.1, 0.15) is 5.54 Å². The predicted octanol–water partition coefficient (Wildman–Crippen LogP) is 3.95. The molecule has 3 heteroatoms. The van der Waals surface area contributed by atoms with Crippen LogP contribution in [0.25, 0.3) is 0 Å². The van der Waals surface area contributed by atoms with Crippen LogP contribution in [-0.2, 0) is 0 Å². The van der Waals surface area contributed by atoms with Crippen molar-refractivity contribution in [3.8, 4) is 6.07 Å². The summed E-state index contributed by atoms with van der Waals surface area (Å²) in [6.45, 7) is 12.2. The van der Waals surface area contributed by atoms with Gasteiger partial charge in [-0.2, -0.15) is 5.26 Å². The highest BCUT2D eigenvalue weighted by Crippen LogP contribution is 2.28. The SMILES string of the molecule is CCCNC(C)(C#N)CCCCN(CCC(C)C)C1CC1. The zero-order valence-electron chi connectivity index (χ0n) is 14.6. The van der Waals surface area contributed by atoms with Crippen LogP contribution in [-0.4, -0.2) is 36.1 Å². The molecule has 1 fully saturated rings. The van der Waals surface area contributed by atoms with Crippen molar-refractivity contribution in [2.24, 2.45) is 5.92 Å². The Morgan fingerprint density at radius 3 is 2.52 bits per heavy atom. The van der Waals surface area contributed by atoms with Crippen LogP contribution >= 0.6 is 0 Å². The third-order valence-electron chi connectivity index (χ3n) is 4.44. The van der Waals surface area contributed by atoms with Gasteiger partial charge in [0.15, 0.2) is 0 Å². The predicted molar refractivity (Wildman–Crippen MR) is 90.2 cm³/mol. The monoisotopic (exact) mass is 293 g/mol. The molecule has 0 aromatic heterocycles. The van der Waals surface area contributed by atoms with Gasteiger partial charge in [-0.15, -0.1) is 0 Å². The molecular formula is C18H35N3. The minimum Gasteiger partial charge on any atom is -0.300 e. The molecule has 0 radical (unpaired) electrons. The Morgan fingerprint density at radius 1 is 1.29 bits per heavy atom. The van der Waals surface area contributed by atoms with E-state index in [2.05, 4.69) is 37.1 Å². The Morgan fingerprint density at radius 2 is 2.00 bits per heavy atom. The number of hydrogen-bond acceptors (Lipinski definition) is 3. The maximum atomic E-state index is 9.34. The maximum absolute atomic E-state index is 9.34. The molecule has 1 saturated carbocycles. The van der Waals surface area contributed by atoms with Gasteiger partial charge in [0.2, 0.25) is 0 Å². The molecule has 3 nitrogen and oxygen atoms in total. The van der Waals surface area contributed by atoms with E-state index in [-0.39, 0.29) is 5.54 Å². The molecule has 1 atom stereocenters. The number of hydrogen-bond donors (Lipinski definition) is 1. The van der Waals surface area contributed by atoms with Gasteiger partial charge in [-0.25, -0.2) is 0 Å². The van der Waals surface area contributed by atoms with Crippen molar-refractivity contribution in [1.29, 1.82) is 5.26 Å². The largest absolute Gasteiger partial charge is 0.300 e. The van der Waals surface area contributed by atoms with E-state index in [9.17, 15) is 5.26 Å². The molecule has 0 heterocycles. The van der Waals surface area contributed by atoms with E-state index in [1.54, 1.807) is 0 Å². The minimum atomic E-state index is -0.335. The van der Waals surface area contributed by atoms with Crippen molar-refractivity contribution in [1.82, 2.24) is 10.2 Å². The summed E-state index contributed by atoms with van der Waals surface area (Å²) in [6, 6.07) is 3.32. The van der Waals surface area contributed by atoms with Gasteiger partial charge >= 0.3 is 0 Å². The average Bonchev–Trinajstić information content (AvgIpc) is 3.28. The molecule has 0 aromatic carbocycles. The fourth-order valence-corrected chi connectivity index (χ4v) is 2.72. The summed E-state index contributed by atoms with van der Waals surface area (Å²) < 4.78 is 0. The molecular weight excluding hydrogens is 258 g/mol. The Balaban J connectivity index is 2.22. The van der Waals surface area contributed by atoms with E-state index >= 15 is 0 Å². The van der Waals surface area contributed by atoms with E-state index < -0.39 is 0 Å². The Labute approximate surface area is 132 Å². The molecule has 1 rings (SSSR count). The van der Waals surface area contributed by atoms with Gasteiger partial charge in [0.25, 0.3) is 0 Å². The molecule has 0 amide bonds. The summed E-state index contributed by atoms with van der Waals surface area (Å²) in [5, 5.41) is 12.7. The van der Waals surface area contributed by atoms with Crippen molar-refractivity contribution in [3.63, 3.8) is 0 Å². The van der Waals surface area contributed by atoms with Crippen LogP contribution < -0.4 is 5.32 Å². The summed E-state index contributed by atoms with van der Waals surface area (Å²) in [7, 11) is 0. The zero-order chi connectivity index (χ0) is 15.7. The lowest BCUT2D eigenvalue weighted by Crippen LogP contribution is -2.41. The molecule has 1 aliphatic rings. The summed E-state index contributed by atoms with van der Waals surface area (Å²) >= 11 is 0. The summed E-state index contributed by atoms with van der Waals surface area (Å²) in [5.41, 5.74) is -0.335. The van der Waals surface area contributed by atoms with E-state index in [0.717, 1.165) is 37.8 Å². The first-order chi connectivity index (χ1) is 10.0. The highest BCUT2D eigenvalue weighted by molar-refractivity contribution is 5.03. The number of rotatable bonds is 12. The van der Waals surface area contributed by atoms with Crippen LogP contribution in [0.4, 0.5) is 0 Å². The molecule has 0 bridgehead atoms. The van der Waals surface area contributed by atoms with Gasteiger partial charge in [-0.1, -0.05) is 20.8 Å². The number of nitrogens with one attached hydrogen (secondary N) is 1. The molecule has 0 spiro atoms. The third-order valence-corrected chi connectivity index (χ3v) is 4.44. The quantitative estimate of drug-likeness (QED) is 0.554. The topological polar surface area (TPSA) is 39.1 Å². The Hall–Kier alpha value is -0.590. The van der Waals surface area contributed by atoms with Crippen LogP contribution in [0.5, 0.6) is 0 Å². The second-order valence-electron chi connectivity index (χ2n) is 7.28. The molecule has 1 aliphatic carbocycles. The van der Waals surface area contributed by atoms with E-state index in [0.29, 0.717) is 0 Å². The van der Waals surface area contributed by atoms with Gasteiger partial charge in [-0.3, -0.25) is 5.32 Å². The Kier molecular flexibility index (Phi) is 8.29. The lowest BCUT2D eigenvalue weighted by molar-refractivity contribution is 0.239. The number of unbranched alkanes of at least 4 members (excludes halogenated alkanes) is 1. The van der Waals surface area contributed by atoms with Crippen LogP contribution in [0, 0.1) is 17.2 Å². The first-order valence-corrected chi connectivity index (χ1v) is 8.91. The molecule has 1 N–H and O–H groups in total. The fourth-order valence-electron chi connectivity index (χ4n) is 2.72. The van der Waals surface area contributed by atoms with Crippen LogP contribution in [0.2, 0.25) is 0 Å². The number of nitriles is 1. The molecule has 122 valence electrons. The third kappa shape index (κ3) is 7.83. The van der Waals surface area contributed by atoms with Gasteiger partial charge in [0.05, 0.1) is 6.07 Å².